The molecule has 2 N–H and O–H groups in total. The number of hydrogen-bond donors (Lipinski definition) is 1. The molecular weight excluding hydrogens is 274 g/mol. The van der Waals surface area contributed by atoms with Crippen LogP contribution in [0, 0.1) is 0 Å². The second-order valence-electron chi connectivity index (χ2n) is 5.29. The lowest BCUT2D eigenvalue weighted by Gasteiger charge is -2.08. The molecule has 0 aliphatic heterocycles. The molecule has 1 amide bonds. The standard InChI is InChI=1S/C18H17N3O/c1-2-4-12-5-3-6-13(7-12)16-10-20-11-17-15(16)8-14(9-21-17)18(19)22/h3,5-11H,2,4H2,1H3,(H2,19,22). The van der Waals surface area contributed by atoms with Crippen LogP contribution in [0.15, 0.2) is 48.9 Å². The second-order valence-corrected chi connectivity index (χ2v) is 5.29. The Balaban J connectivity index is 2.19. The number of carbonyl (C=O) groups excluding carboxylic acids is 1. The quantitative estimate of drug-likeness (QED) is 0.801. The van der Waals surface area contributed by atoms with Crippen LogP contribution >= 0.6 is 0 Å². The average molecular weight is 291 g/mol. The van der Waals surface area contributed by atoms with Gasteiger partial charge in [0.15, 0.2) is 0 Å². The van der Waals surface area contributed by atoms with E-state index in [4.69, 9.17) is 5.73 Å². The van der Waals surface area contributed by atoms with E-state index in [2.05, 4.69) is 29.0 Å². The average Bonchev–Trinajstić information content (AvgIpc) is 2.54. The Morgan fingerprint density at radius 3 is 2.82 bits per heavy atom. The number of primary amides is 1. The van der Waals surface area contributed by atoms with E-state index in [9.17, 15) is 4.79 Å². The highest BCUT2D eigenvalue weighted by molar-refractivity contribution is 6.00. The molecule has 4 heteroatoms. The number of fused-ring (bicyclic) bond motifs is 1. The van der Waals surface area contributed by atoms with Crippen molar-refractivity contribution in [3.05, 3.63) is 60.0 Å². The molecule has 1 aromatic carbocycles. The number of hydrogen-bond acceptors (Lipinski definition) is 3. The van der Waals surface area contributed by atoms with E-state index in [1.54, 1.807) is 18.5 Å². The molecule has 3 rings (SSSR count). The molecule has 0 aliphatic rings. The number of aryl methyl sites for hydroxylation is 1. The van der Waals surface area contributed by atoms with E-state index in [0.29, 0.717) is 5.56 Å². The monoisotopic (exact) mass is 291 g/mol. The predicted molar refractivity (Wildman–Crippen MR) is 87.5 cm³/mol. The number of carbonyl (C=O) groups is 1. The van der Waals surface area contributed by atoms with E-state index >= 15 is 0 Å². The Bertz CT molecular complexity index is 843. The SMILES string of the molecule is CCCc1cccc(-c2cncc3ncc(C(N)=O)cc23)c1. The lowest BCUT2D eigenvalue weighted by atomic mass is 9.99. The van der Waals surface area contributed by atoms with Crippen molar-refractivity contribution in [3.8, 4) is 11.1 Å². The minimum atomic E-state index is -0.475. The van der Waals surface area contributed by atoms with Crippen molar-refractivity contribution in [1.29, 1.82) is 0 Å². The molecule has 3 aromatic rings. The van der Waals surface area contributed by atoms with Gasteiger partial charge in [-0.2, -0.15) is 0 Å². The maximum Gasteiger partial charge on any atom is 0.250 e. The zero-order chi connectivity index (χ0) is 15.5. The molecule has 0 aliphatic carbocycles. The molecule has 4 nitrogen and oxygen atoms in total. The van der Waals surface area contributed by atoms with Gasteiger partial charge in [-0.1, -0.05) is 37.6 Å². The van der Waals surface area contributed by atoms with Crippen LogP contribution in [0.5, 0.6) is 0 Å². The summed E-state index contributed by atoms with van der Waals surface area (Å²) in [5.74, 6) is -0.475. The van der Waals surface area contributed by atoms with Crippen molar-refractivity contribution in [2.45, 2.75) is 19.8 Å². The molecule has 2 aromatic heterocycles. The van der Waals surface area contributed by atoms with Crippen LogP contribution in [-0.2, 0) is 6.42 Å². The summed E-state index contributed by atoms with van der Waals surface area (Å²) in [6.45, 7) is 2.16. The summed E-state index contributed by atoms with van der Waals surface area (Å²) in [5.41, 5.74) is 9.85. The lowest BCUT2D eigenvalue weighted by molar-refractivity contribution is 0.1000. The van der Waals surface area contributed by atoms with E-state index in [0.717, 1.165) is 34.9 Å². The van der Waals surface area contributed by atoms with Crippen LogP contribution in [0.1, 0.15) is 29.3 Å². The summed E-state index contributed by atoms with van der Waals surface area (Å²) < 4.78 is 0. The third kappa shape index (κ3) is 2.68. The summed E-state index contributed by atoms with van der Waals surface area (Å²) in [7, 11) is 0. The number of rotatable bonds is 4. The zero-order valence-corrected chi connectivity index (χ0v) is 12.4. The molecule has 0 atom stereocenters. The number of aromatic nitrogens is 2. The highest BCUT2D eigenvalue weighted by Crippen LogP contribution is 2.28. The van der Waals surface area contributed by atoms with Crippen molar-refractivity contribution < 1.29 is 4.79 Å². The van der Waals surface area contributed by atoms with Gasteiger partial charge >= 0.3 is 0 Å². The van der Waals surface area contributed by atoms with E-state index < -0.39 is 5.91 Å². The fourth-order valence-corrected chi connectivity index (χ4v) is 2.59. The molecule has 0 saturated carbocycles. The largest absolute Gasteiger partial charge is 0.366 e. The first kappa shape index (κ1) is 14.2. The summed E-state index contributed by atoms with van der Waals surface area (Å²) in [4.78, 5) is 19.9. The van der Waals surface area contributed by atoms with Gasteiger partial charge < -0.3 is 5.73 Å². The minimum Gasteiger partial charge on any atom is -0.366 e. The Morgan fingerprint density at radius 1 is 1.18 bits per heavy atom. The van der Waals surface area contributed by atoms with Crippen molar-refractivity contribution >= 4 is 16.8 Å². The fraction of sp³-hybridized carbons (Fsp3) is 0.167. The summed E-state index contributed by atoms with van der Waals surface area (Å²) in [6, 6.07) is 10.2. The predicted octanol–water partition coefficient (Wildman–Crippen LogP) is 3.35. The van der Waals surface area contributed by atoms with Crippen molar-refractivity contribution in [2.24, 2.45) is 5.73 Å². The number of benzene rings is 1. The molecule has 0 unspecified atom stereocenters. The van der Waals surface area contributed by atoms with Crippen LogP contribution in [0.3, 0.4) is 0 Å². The highest BCUT2D eigenvalue weighted by Gasteiger charge is 2.09. The molecule has 22 heavy (non-hydrogen) atoms. The van der Waals surface area contributed by atoms with Gasteiger partial charge in [0.05, 0.1) is 17.3 Å². The minimum absolute atomic E-state index is 0.407. The Labute approximate surface area is 129 Å². The first-order valence-corrected chi connectivity index (χ1v) is 7.32. The Hall–Kier alpha value is -2.75. The smallest absolute Gasteiger partial charge is 0.250 e. The lowest BCUT2D eigenvalue weighted by Crippen LogP contribution is -2.11. The van der Waals surface area contributed by atoms with Gasteiger partial charge in [-0.3, -0.25) is 14.8 Å². The Morgan fingerprint density at radius 2 is 2.05 bits per heavy atom. The molecule has 0 spiro atoms. The maximum atomic E-state index is 11.4. The first-order chi connectivity index (χ1) is 10.7. The zero-order valence-electron chi connectivity index (χ0n) is 12.4. The van der Waals surface area contributed by atoms with Crippen LogP contribution < -0.4 is 5.73 Å². The number of pyridine rings is 2. The van der Waals surface area contributed by atoms with Crippen LogP contribution in [0.2, 0.25) is 0 Å². The molecule has 0 fully saturated rings. The normalized spacial score (nSPS) is 10.8. The van der Waals surface area contributed by atoms with Gasteiger partial charge in [-0.15, -0.1) is 0 Å². The van der Waals surface area contributed by atoms with Gasteiger partial charge in [0.2, 0.25) is 5.91 Å². The van der Waals surface area contributed by atoms with Crippen molar-refractivity contribution in [2.75, 3.05) is 0 Å². The summed E-state index contributed by atoms with van der Waals surface area (Å²) >= 11 is 0. The maximum absolute atomic E-state index is 11.4. The van der Waals surface area contributed by atoms with E-state index in [1.807, 2.05) is 12.1 Å². The third-order valence-corrected chi connectivity index (χ3v) is 3.67. The van der Waals surface area contributed by atoms with Gasteiger partial charge in [-0.25, -0.2) is 0 Å². The topological polar surface area (TPSA) is 68.9 Å². The van der Waals surface area contributed by atoms with Gasteiger partial charge in [0, 0.05) is 23.3 Å². The fourth-order valence-electron chi connectivity index (χ4n) is 2.59. The molecule has 2 heterocycles. The summed E-state index contributed by atoms with van der Waals surface area (Å²) in [5, 5.41) is 0.889. The van der Waals surface area contributed by atoms with Crippen molar-refractivity contribution in [3.63, 3.8) is 0 Å². The van der Waals surface area contributed by atoms with Crippen LogP contribution in [-0.4, -0.2) is 15.9 Å². The second kappa shape index (κ2) is 5.93. The number of nitrogens with zero attached hydrogens (tertiary/aromatic N) is 2. The van der Waals surface area contributed by atoms with Crippen molar-refractivity contribution in [1.82, 2.24) is 9.97 Å². The van der Waals surface area contributed by atoms with E-state index in [-0.39, 0.29) is 0 Å². The summed E-state index contributed by atoms with van der Waals surface area (Å²) in [6.07, 6.45) is 7.13. The third-order valence-electron chi connectivity index (χ3n) is 3.67. The van der Waals surface area contributed by atoms with Gasteiger partial charge in [-0.05, 0) is 23.6 Å². The van der Waals surface area contributed by atoms with Gasteiger partial charge in [0.1, 0.15) is 0 Å². The van der Waals surface area contributed by atoms with Crippen LogP contribution in [0.4, 0.5) is 0 Å². The highest BCUT2D eigenvalue weighted by atomic mass is 16.1. The van der Waals surface area contributed by atoms with Gasteiger partial charge in [0.25, 0.3) is 0 Å². The number of nitrogens with two attached hydrogens (primary N) is 1. The molecule has 0 radical (unpaired) electrons. The molecular formula is C18H17N3O. The molecule has 0 bridgehead atoms. The first-order valence-electron chi connectivity index (χ1n) is 7.32. The van der Waals surface area contributed by atoms with Crippen LogP contribution in [0.25, 0.3) is 22.0 Å². The van der Waals surface area contributed by atoms with E-state index in [1.165, 1.54) is 11.8 Å². The molecule has 110 valence electrons. The number of amides is 1. The molecule has 0 saturated heterocycles. The Kier molecular flexibility index (Phi) is 3.83.